The predicted molar refractivity (Wildman–Crippen MR) is 64.6 cm³/mol. The summed E-state index contributed by atoms with van der Waals surface area (Å²) in [5, 5.41) is 0. The second kappa shape index (κ2) is 6.28. The van der Waals surface area contributed by atoms with Crippen molar-refractivity contribution in [3.8, 4) is 0 Å². The number of aryl methyl sites for hydroxylation is 1. The van der Waals surface area contributed by atoms with Gasteiger partial charge in [-0.2, -0.15) is 0 Å². The molecule has 0 saturated carbocycles. The first-order valence-corrected chi connectivity index (χ1v) is 5.48. The van der Waals surface area contributed by atoms with Gasteiger partial charge in [0.25, 0.3) is 0 Å². The molecule has 0 amide bonds. The van der Waals surface area contributed by atoms with Crippen molar-refractivity contribution in [2.45, 2.75) is 13.3 Å². The average Bonchev–Trinajstić information content (AvgIpc) is 2.24. The number of ether oxygens (including phenoxy) is 1. The second-order valence-corrected chi connectivity index (χ2v) is 4.16. The van der Waals surface area contributed by atoms with Crippen molar-refractivity contribution in [1.82, 2.24) is 4.90 Å². The summed E-state index contributed by atoms with van der Waals surface area (Å²) in [6.07, 6.45) is 0.866. The lowest BCUT2D eigenvalue weighted by atomic mass is 10.1. The van der Waals surface area contributed by atoms with Gasteiger partial charge < -0.3 is 9.64 Å². The van der Waals surface area contributed by atoms with E-state index in [1.807, 2.05) is 39.2 Å². The smallest absolute Gasteiger partial charge is 0.338 e. The lowest BCUT2D eigenvalue weighted by molar-refractivity contribution is 0.0493. The third kappa shape index (κ3) is 4.45. The van der Waals surface area contributed by atoms with Gasteiger partial charge in [-0.1, -0.05) is 17.7 Å². The van der Waals surface area contributed by atoms with Crippen molar-refractivity contribution in [3.63, 3.8) is 0 Å². The fourth-order valence-corrected chi connectivity index (χ4v) is 1.40. The summed E-state index contributed by atoms with van der Waals surface area (Å²) in [5.74, 6) is -0.234. The van der Waals surface area contributed by atoms with E-state index in [4.69, 9.17) is 4.74 Å². The molecule has 0 atom stereocenters. The third-order valence-corrected chi connectivity index (χ3v) is 2.24. The van der Waals surface area contributed by atoms with Crippen LogP contribution in [0.5, 0.6) is 0 Å². The summed E-state index contributed by atoms with van der Waals surface area (Å²) >= 11 is 0. The molecule has 0 N–H and O–H groups in total. The van der Waals surface area contributed by atoms with E-state index in [0.717, 1.165) is 18.5 Å². The lowest BCUT2D eigenvalue weighted by Gasteiger charge is -2.09. The zero-order chi connectivity index (χ0) is 12.0. The molecule has 3 nitrogen and oxygen atoms in total. The zero-order valence-electron chi connectivity index (χ0n) is 10.2. The quantitative estimate of drug-likeness (QED) is 0.563. The highest BCUT2D eigenvalue weighted by atomic mass is 16.5. The topological polar surface area (TPSA) is 29.5 Å². The molecule has 0 saturated heterocycles. The van der Waals surface area contributed by atoms with Gasteiger partial charge in [0.15, 0.2) is 0 Å². The van der Waals surface area contributed by atoms with Crippen molar-refractivity contribution in [2.75, 3.05) is 27.2 Å². The molecule has 3 heteroatoms. The number of rotatable bonds is 5. The van der Waals surface area contributed by atoms with Crippen LogP contribution in [0.15, 0.2) is 24.3 Å². The van der Waals surface area contributed by atoms with Crippen molar-refractivity contribution in [2.24, 2.45) is 0 Å². The SMILES string of the molecule is Cc1cccc(C(=O)OCCCN(C)C)c1. The fourth-order valence-electron chi connectivity index (χ4n) is 1.40. The van der Waals surface area contributed by atoms with E-state index in [9.17, 15) is 4.79 Å². The number of carbonyl (C=O) groups is 1. The minimum atomic E-state index is -0.234. The van der Waals surface area contributed by atoms with Crippen molar-refractivity contribution >= 4 is 5.97 Å². The average molecular weight is 221 g/mol. The molecule has 0 heterocycles. The first-order valence-electron chi connectivity index (χ1n) is 5.48. The van der Waals surface area contributed by atoms with Crippen LogP contribution >= 0.6 is 0 Å². The summed E-state index contributed by atoms with van der Waals surface area (Å²) < 4.78 is 5.17. The van der Waals surface area contributed by atoms with E-state index < -0.39 is 0 Å². The Hall–Kier alpha value is -1.35. The van der Waals surface area contributed by atoms with Crippen LogP contribution in [0.4, 0.5) is 0 Å². The Morgan fingerprint density at radius 2 is 2.12 bits per heavy atom. The molecule has 88 valence electrons. The minimum absolute atomic E-state index is 0.234. The van der Waals surface area contributed by atoms with Crippen molar-refractivity contribution in [3.05, 3.63) is 35.4 Å². The normalized spacial score (nSPS) is 10.5. The molecule has 0 fully saturated rings. The highest BCUT2D eigenvalue weighted by Gasteiger charge is 2.06. The lowest BCUT2D eigenvalue weighted by Crippen LogP contribution is -2.16. The van der Waals surface area contributed by atoms with Gasteiger partial charge in [0.1, 0.15) is 0 Å². The Morgan fingerprint density at radius 3 is 2.75 bits per heavy atom. The van der Waals surface area contributed by atoms with E-state index in [1.165, 1.54) is 0 Å². The van der Waals surface area contributed by atoms with E-state index in [0.29, 0.717) is 12.2 Å². The maximum Gasteiger partial charge on any atom is 0.338 e. The summed E-state index contributed by atoms with van der Waals surface area (Å²) in [7, 11) is 4.00. The summed E-state index contributed by atoms with van der Waals surface area (Å²) in [5.41, 5.74) is 1.70. The Bertz CT molecular complexity index is 348. The zero-order valence-corrected chi connectivity index (χ0v) is 10.2. The summed E-state index contributed by atoms with van der Waals surface area (Å²) in [6, 6.07) is 7.45. The number of carbonyl (C=O) groups excluding carboxylic acids is 1. The molecular formula is C13H19NO2. The molecule has 0 aliphatic carbocycles. The van der Waals surface area contributed by atoms with Gasteiger partial charge in [-0.3, -0.25) is 0 Å². The van der Waals surface area contributed by atoms with E-state index >= 15 is 0 Å². The van der Waals surface area contributed by atoms with E-state index in [2.05, 4.69) is 4.90 Å². The first kappa shape index (κ1) is 12.7. The van der Waals surface area contributed by atoms with E-state index in [-0.39, 0.29) is 5.97 Å². The maximum absolute atomic E-state index is 11.6. The molecule has 1 aromatic carbocycles. The first-order chi connectivity index (χ1) is 7.59. The van der Waals surface area contributed by atoms with Crippen LogP contribution in [0.2, 0.25) is 0 Å². The number of esters is 1. The number of hydrogen-bond acceptors (Lipinski definition) is 3. The largest absolute Gasteiger partial charge is 0.462 e. The molecule has 0 aliphatic rings. The molecule has 0 bridgehead atoms. The Labute approximate surface area is 97.0 Å². The summed E-state index contributed by atoms with van der Waals surface area (Å²) in [6.45, 7) is 3.37. The van der Waals surface area contributed by atoms with Gasteiger partial charge in [-0.15, -0.1) is 0 Å². The molecular weight excluding hydrogens is 202 g/mol. The molecule has 0 spiro atoms. The van der Waals surface area contributed by atoms with Crippen LogP contribution in [0, 0.1) is 6.92 Å². The number of nitrogens with zero attached hydrogens (tertiary/aromatic N) is 1. The Balaban J connectivity index is 2.35. The van der Waals surface area contributed by atoms with Crippen LogP contribution in [-0.4, -0.2) is 38.1 Å². The second-order valence-electron chi connectivity index (χ2n) is 4.16. The van der Waals surface area contributed by atoms with Crippen LogP contribution in [0.1, 0.15) is 22.3 Å². The van der Waals surface area contributed by atoms with Crippen LogP contribution in [-0.2, 0) is 4.74 Å². The van der Waals surface area contributed by atoms with Crippen molar-refractivity contribution in [1.29, 1.82) is 0 Å². The number of benzene rings is 1. The highest BCUT2D eigenvalue weighted by Crippen LogP contribution is 2.05. The van der Waals surface area contributed by atoms with Gasteiger partial charge in [0.05, 0.1) is 12.2 Å². The molecule has 0 aromatic heterocycles. The third-order valence-electron chi connectivity index (χ3n) is 2.24. The van der Waals surface area contributed by atoms with Gasteiger partial charge in [0, 0.05) is 6.54 Å². The Kier molecular flexibility index (Phi) is 4.99. The molecule has 0 radical (unpaired) electrons. The summed E-state index contributed by atoms with van der Waals surface area (Å²) in [4.78, 5) is 13.7. The molecule has 1 aromatic rings. The van der Waals surface area contributed by atoms with Crippen LogP contribution in [0.25, 0.3) is 0 Å². The van der Waals surface area contributed by atoms with Gasteiger partial charge in [-0.05, 0) is 39.6 Å². The highest BCUT2D eigenvalue weighted by molar-refractivity contribution is 5.89. The van der Waals surface area contributed by atoms with Crippen molar-refractivity contribution < 1.29 is 9.53 Å². The Morgan fingerprint density at radius 1 is 1.38 bits per heavy atom. The monoisotopic (exact) mass is 221 g/mol. The predicted octanol–water partition coefficient (Wildman–Crippen LogP) is 2.10. The van der Waals surface area contributed by atoms with Crippen LogP contribution in [0.3, 0.4) is 0 Å². The van der Waals surface area contributed by atoms with Gasteiger partial charge in [-0.25, -0.2) is 4.79 Å². The fraction of sp³-hybridized carbons (Fsp3) is 0.462. The van der Waals surface area contributed by atoms with E-state index in [1.54, 1.807) is 6.07 Å². The van der Waals surface area contributed by atoms with Crippen LogP contribution < -0.4 is 0 Å². The van der Waals surface area contributed by atoms with Gasteiger partial charge in [0.2, 0.25) is 0 Å². The molecule has 16 heavy (non-hydrogen) atoms. The molecule has 0 unspecified atom stereocenters. The number of hydrogen-bond donors (Lipinski definition) is 0. The minimum Gasteiger partial charge on any atom is -0.462 e. The molecule has 0 aliphatic heterocycles. The maximum atomic E-state index is 11.6. The van der Waals surface area contributed by atoms with Gasteiger partial charge >= 0.3 is 5.97 Å². The molecule has 1 rings (SSSR count). The standard InChI is InChI=1S/C13H19NO2/c1-11-6-4-7-12(10-11)13(15)16-9-5-8-14(2)3/h4,6-7,10H,5,8-9H2,1-3H3.